The molecule has 0 heterocycles. The molecule has 2 aromatic rings. The number of hydrogen-bond donors (Lipinski definition) is 1. The van der Waals surface area contributed by atoms with Crippen LogP contribution in [-0.4, -0.2) is 45.0 Å². The molecule has 160 valence electrons. The molecular formula is C20H18F3NO6. The summed E-state index contributed by atoms with van der Waals surface area (Å²) in [5, 5.41) is 2.21. The first-order chi connectivity index (χ1) is 14.2. The first-order valence-electron chi connectivity index (χ1n) is 8.52. The first-order valence-corrected chi connectivity index (χ1v) is 8.52. The van der Waals surface area contributed by atoms with Crippen molar-refractivity contribution >= 4 is 17.7 Å². The summed E-state index contributed by atoms with van der Waals surface area (Å²) in [4.78, 5) is 36.0. The highest BCUT2D eigenvalue weighted by molar-refractivity contribution is 6.01. The number of hydrogen-bond acceptors (Lipinski definition) is 6. The number of alkyl halides is 3. The van der Waals surface area contributed by atoms with E-state index in [0.29, 0.717) is 5.75 Å². The summed E-state index contributed by atoms with van der Waals surface area (Å²) in [6.07, 6.45) is -4.52. The van der Waals surface area contributed by atoms with Crippen molar-refractivity contribution in [2.24, 2.45) is 0 Å². The molecule has 0 aliphatic carbocycles. The predicted molar refractivity (Wildman–Crippen MR) is 98.6 cm³/mol. The van der Waals surface area contributed by atoms with Gasteiger partial charge >= 0.3 is 12.1 Å². The zero-order chi connectivity index (χ0) is 22.3. The summed E-state index contributed by atoms with van der Waals surface area (Å²) in [6.45, 7) is -1.17. The summed E-state index contributed by atoms with van der Waals surface area (Å²) >= 11 is 0. The zero-order valence-corrected chi connectivity index (χ0v) is 16.0. The maximum atomic E-state index is 12.5. The number of nitrogens with one attached hydrogen (secondary N) is 1. The second-order valence-electron chi connectivity index (χ2n) is 5.91. The number of amides is 1. The summed E-state index contributed by atoms with van der Waals surface area (Å²) in [7, 11) is 2.80. The number of benzene rings is 2. The monoisotopic (exact) mass is 425 g/mol. The van der Waals surface area contributed by atoms with Crippen LogP contribution in [0.25, 0.3) is 0 Å². The molecule has 0 unspecified atom stereocenters. The van der Waals surface area contributed by atoms with Crippen molar-refractivity contribution in [3.05, 3.63) is 59.2 Å². The van der Waals surface area contributed by atoms with Gasteiger partial charge in [0.25, 0.3) is 5.91 Å². The van der Waals surface area contributed by atoms with Crippen LogP contribution in [0.4, 0.5) is 13.2 Å². The molecule has 0 radical (unpaired) electrons. The zero-order valence-electron chi connectivity index (χ0n) is 16.0. The minimum absolute atomic E-state index is 0.0620. The molecule has 0 spiro atoms. The quantitative estimate of drug-likeness (QED) is 0.517. The lowest BCUT2D eigenvalue weighted by atomic mass is 10.1. The summed E-state index contributed by atoms with van der Waals surface area (Å²) < 4.78 is 52.6. The van der Waals surface area contributed by atoms with Gasteiger partial charge in [-0.25, -0.2) is 0 Å². The average Bonchev–Trinajstić information content (AvgIpc) is 2.74. The van der Waals surface area contributed by atoms with Gasteiger partial charge < -0.3 is 19.5 Å². The Labute approximate surface area is 169 Å². The number of rotatable bonds is 8. The lowest BCUT2D eigenvalue weighted by Gasteiger charge is -2.10. The molecular weight excluding hydrogens is 407 g/mol. The predicted octanol–water partition coefficient (Wildman–Crippen LogP) is 2.88. The largest absolute Gasteiger partial charge is 0.497 e. The Morgan fingerprint density at radius 1 is 0.967 bits per heavy atom. The Balaban J connectivity index is 1.88. The minimum atomic E-state index is -4.52. The smallest absolute Gasteiger partial charge is 0.416 e. The fraction of sp³-hybridized carbons (Fsp3) is 0.250. The van der Waals surface area contributed by atoms with Crippen molar-refractivity contribution in [1.29, 1.82) is 0 Å². The third-order valence-electron chi connectivity index (χ3n) is 3.94. The lowest BCUT2D eigenvalue weighted by molar-refractivity contribution is -0.141. The third kappa shape index (κ3) is 5.97. The Hall–Kier alpha value is -3.56. The molecule has 0 atom stereocenters. The number of methoxy groups -OCH3 is 2. The number of esters is 1. The van der Waals surface area contributed by atoms with Crippen molar-refractivity contribution in [3.63, 3.8) is 0 Å². The maximum absolute atomic E-state index is 12.5. The molecule has 0 saturated carbocycles. The molecule has 0 bridgehead atoms. The Bertz CT molecular complexity index is 925. The maximum Gasteiger partial charge on any atom is 0.416 e. The summed E-state index contributed by atoms with van der Waals surface area (Å²) in [5.74, 6) is -1.53. The topological polar surface area (TPSA) is 90.9 Å². The van der Waals surface area contributed by atoms with Crippen molar-refractivity contribution < 1.29 is 41.8 Å². The number of carbonyl (C=O) groups excluding carboxylic acids is 3. The molecule has 0 aliphatic rings. The van der Waals surface area contributed by atoms with Crippen LogP contribution in [0, 0.1) is 0 Å². The van der Waals surface area contributed by atoms with Crippen LogP contribution in [0.2, 0.25) is 0 Å². The highest BCUT2D eigenvalue weighted by Crippen LogP contribution is 2.29. The molecule has 7 nitrogen and oxygen atoms in total. The minimum Gasteiger partial charge on any atom is -0.497 e. The van der Waals surface area contributed by atoms with E-state index in [0.717, 1.165) is 24.3 Å². The van der Waals surface area contributed by atoms with E-state index >= 15 is 0 Å². The van der Waals surface area contributed by atoms with E-state index in [4.69, 9.17) is 14.2 Å². The second-order valence-corrected chi connectivity index (χ2v) is 5.91. The van der Waals surface area contributed by atoms with E-state index in [1.54, 1.807) is 6.07 Å². The van der Waals surface area contributed by atoms with Crippen LogP contribution in [0.5, 0.6) is 11.5 Å². The summed E-state index contributed by atoms with van der Waals surface area (Å²) in [6, 6.07) is 8.04. The van der Waals surface area contributed by atoms with Crippen LogP contribution in [-0.2, 0) is 15.7 Å². The van der Waals surface area contributed by atoms with E-state index in [1.807, 2.05) is 0 Å². The Kier molecular flexibility index (Phi) is 7.40. The Morgan fingerprint density at radius 2 is 1.63 bits per heavy atom. The van der Waals surface area contributed by atoms with Crippen LogP contribution in [0.15, 0.2) is 42.5 Å². The van der Waals surface area contributed by atoms with Gasteiger partial charge in [0.15, 0.2) is 6.61 Å². The molecule has 2 rings (SSSR count). The van der Waals surface area contributed by atoms with Gasteiger partial charge in [0, 0.05) is 5.56 Å². The molecule has 1 N–H and O–H groups in total. The average molecular weight is 425 g/mol. The van der Waals surface area contributed by atoms with Crippen LogP contribution < -0.4 is 14.8 Å². The SMILES string of the molecule is COc1ccc(OC)c(C(=O)COC(=O)CNC(=O)c2ccc(C(F)(F)F)cc2)c1. The van der Waals surface area contributed by atoms with Crippen molar-refractivity contribution in [2.45, 2.75) is 6.18 Å². The van der Waals surface area contributed by atoms with Crippen molar-refractivity contribution in [2.75, 3.05) is 27.4 Å². The molecule has 0 aromatic heterocycles. The molecule has 0 saturated heterocycles. The lowest BCUT2D eigenvalue weighted by Crippen LogP contribution is -2.31. The highest BCUT2D eigenvalue weighted by atomic mass is 19.4. The highest BCUT2D eigenvalue weighted by Gasteiger charge is 2.30. The van der Waals surface area contributed by atoms with Gasteiger partial charge in [-0.1, -0.05) is 0 Å². The standard InChI is InChI=1S/C20H18F3NO6/c1-28-14-7-8-17(29-2)15(9-14)16(25)11-30-18(26)10-24-19(27)12-3-5-13(6-4-12)20(21,22)23/h3-9H,10-11H2,1-2H3,(H,24,27). The van der Waals surface area contributed by atoms with E-state index in [-0.39, 0.29) is 16.9 Å². The van der Waals surface area contributed by atoms with Crippen molar-refractivity contribution in [1.82, 2.24) is 5.32 Å². The van der Waals surface area contributed by atoms with Gasteiger partial charge in [-0.3, -0.25) is 14.4 Å². The molecule has 0 fully saturated rings. The van der Waals surface area contributed by atoms with Crippen molar-refractivity contribution in [3.8, 4) is 11.5 Å². The number of halogens is 3. The second kappa shape index (κ2) is 9.77. The van der Waals surface area contributed by atoms with Gasteiger partial charge in [0.05, 0.1) is 25.3 Å². The van der Waals surface area contributed by atoms with Gasteiger partial charge in [0.1, 0.15) is 18.0 Å². The van der Waals surface area contributed by atoms with Crippen LogP contribution in [0.3, 0.4) is 0 Å². The molecule has 0 aliphatic heterocycles. The van der Waals surface area contributed by atoms with Gasteiger partial charge in [-0.2, -0.15) is 13.2 Å². The first kappa shape index (κ1) is 22.7. The molecule has 1 amide bonds. The fourth-order valence-electron chi connectivity index (χ4n) is 2.37. The number of Topliss-reactive ketones (excluding diaryl/α,β-unsaturated/α-hetero) is 1. The molecule has 30 heavy (non-hydrogen) atoms. The van der Waals surface area contributed by atoms with Crippen LogP contribution in [0.1, 0.15) is 26.3 Å². The Morgan fingerprint density at radius 3 is 2.20 bits per heavy atom. The van der Waals surface area contributed by atoms with E-state index in [2.05, 4.69) is 5.32 Å². The van der Waals surface area contributed by atoms with Gasteiger partial charge in [-0.05, 0) is 42.5 Å². The van der Waals surface area contributed by atoms with Crippen LogP contribution >= 0.6 is 0 Å². The number of ether oxygens (including phenoxy) is 3. The third-order valence-corrected chi connectivity index (χ3v) is 3.94. The normalized spacial score (nSPS) is 10.8. The summed E-state index contributed by atoms with van der Waals surface area (Å²) in [5.41, 5.74) is -0.809. The fourth-order valence-corrected chi connectivity index (χ4v) is 2.37. The van der Waals surface area contributed by atoms with E-state index in [1.165, 1.54) is 26.4 Å². The van der Waals surface area contributed by atoms with E-state index < -0.39 is 42.6 Å². The van der Waals surface area contributed by atoms with Gasteiger partial charge in [0.2, 0.25) is 5.78 Å². The van der Waals surface area contributed by atoms with Gasteiger partial charge in [-0.15, -0.1) is 0 Å². The molecule has 10 heteroatoms. The molecule has 2 aromatic carbocycles. The number of ketones is 1. The van der Waals surface area contributed by atoms with E-state index in [9.17, 15) is 27.6 Å². The number of carbonyl (C=O) groups is 3.